The van der Waals surface area contributed by atoms with Crippen molar-refractivity contribution in [2.45, 2.75) is 58.0 Å². The van der Waals surface area contributed by atoms with Crippen LogP contribution in [0, 0.1) is 0 Å². The number of rotatable bonds is 7. The molecule has 4 heteroatoms. The van der Waals surface area contributed by atoms with Crippen LogP contribution in [0.2, 0.25) is 0 Å². The summed E-state index contributed by atoms with van der Waals surface area (Å²) in [5, 5.41) is 6.56. The van der Waals surface area contributed by atoms with Crippen molar-refractivity contribution in [3.63, 3.8) is 0 Å². The van der Waals surface area contributed by atoms with Gasteiger partial charge >= 0.3 is 0 Å². The van der Waals surface area contributed by atoms with Crippen LogP contribution in [0.1, 0.15) is 46.0 Å². The standard InChI is InChI=1S/C16H29N3O/c1-13(2)6-10-19-11-7-14(8-12-19)17-9-5-16(20)18-15-3-4-15/h6,14-15,17H,3-5,7-12H2,1-2H3,(H,18,20). The van der Waals surface area contributed by atoms with Crippen molar-refractivity contribution in [1.29, 1.82) is 0 Å². The zero-order chi connectivity index (χ0) is 14.4. The summed E-state index contributed by atoms with van der Waals surface area (Å²) < 4.78 is 0. The van der Waals surface area contributed by atoms with Gasteiger partial charge in [0.05, 0.1) is 0 Å². The van der Waals surface area contributed by atoms with Gasteiger partial charge in [-0.2, -0.15) is 0 Å². The molecule has 4 nitrogen and oxygen atoms in total. The number of amides is 1. The summed E-state index contributed by atoms with van der Waals surface area (Å²) in [6.07, 6.45) is 7.65. The number of piperidine rings is 1. The first-order valence-corrected chi connectivity index (χ1v) is 8.02. The molecule has 2 aliphatic rings. The van der Waals surface area contributed by atoms with Crippen molar-refractivity contribution in [1.82, 2.24) is 15.5 Å². The lowest BCUT2D eigenvalue weighted by Crippen LogP contribution is -2.43. The van der Waals surface area contributed by atoms with Crippen LogP contribution in [0.25, 0.3) is 0 Å². The molecule has 2 rings (SSSR count). The third-order valence-electron chi connectivity index (χ3n) is 4.07. The van der Waals surface area contributed by atoms with Crippen LogP contribution < -0.4 is 10.6 Å². The van der Waals surface area contributed by atoms with E-state index < -0.39 is 0 Å². The minimum atomic E-state index is 0.209. The van der Waals surface area contributed by atoms with Gasteiger partial charge in [-0.3, -0.25) is 9.69 Å². The quantitative estimate of drug-likeness (QED) is 0.697. The highest BCUT2D eigenvalue weighted by Crippen LogP contribution is 2.18. The van der Waals surface area contributed by atoms with Gasteiger partial charge in [0, 0.05) is 31.6 Å². The average molecular weight is 279 g/mol. The lowest BCUT2D eigenvalue weighted by Gasteiger charge is -2.31. The summed E-state index contributed by atoms with van der Waals surface area (Å²) in [4.78, 5) is 14.1. The van der Waals surface area contributed by atoms with Crippen LogP contribution in [0.5, 0.6) is 0 Å². The highest BCUT2D eigenvalue weighted by atomic mass is 16.1. The molecule has 1 heterocycles. The number of nitrogens with one attached hydrogen (secondary N) is 2. The summed E-state index contributed by atoms with van der Waals surface area (Å²) >= 11 is 0. The van der Waals surface area contributed by atoms with E-state index in [1.165, 1.54) is 31.3 Å². The molecule has 1 aliphatic carbocycles. The molecule has 1 aliphatic heterocycles. The Morgan fingerprint density at radius 2 is 1.85 bits per heavy atom. The molecule has 20 heavy (non-hydrogen) atoms. The summed E-state index contributed by atoms with van der Waals surface area (Å²) in [6.45, 7) is 8.53. The van der Waals surface area contributed by atoms with E-state index in [0.717, 1.165) is 26.2 Å². The molecule has 114 valence electrons. The fourth-order valence-electron chi connectivity index (χ4n) is 2.55. The van der Waals surface area contributed by atoms with Crippen LogP contribution in [0.4, 0.5) is 0 Å². The predicted molar refractivity (Wildman–Crippen MR) is 82.7 cm³/mol. The van der Waals surface area contributed by atoms with Crippen LogP contribution >= 0.6 is 0 Å². The number of carbonyl (C=O) groups excluding carboxylic acids is 1. The predicted octanol–water partition coefficient (Wildman–Crippen LogP) is 1.68. The minimum absolute atomic E-state index is 0.209. The Kier molecular flexibility index (Phi) is 6.05. The van der Waals surface area contributed by atoms with E-state index in [2.05, 4.69) is 35.5 Å². The molecule has 0 aromatic heterocycles. The summed E-state index contributed by atoms with van der Waals surface area (Å²) in [6, 6.07) is 1.08. The Bertz CT molecular complexity index is 338. The number of nitrogens with zero attached hydrogens (tertiary/aromatic N) is 1. The number of hydrogen-bond donors (Lipinski definition) is 2. The molecule has 0 radical (unpaired) electrons. The molecule has 0 bridgehead atoms. The van der Waals surface area contributed by atoms with E-state index in [-0.39, 0.29) is 5.91 Å². The molecule has 2 N–H and O–H groups in total. The first-order valence-electron chi connectivity index (χ1n) is 8.02. The fourth-order valence-corrected chi connectivity index (χ4v) is 2.55. The van der Waals surface area contributed by atoms with Gasteiger partial charge in [0.2, 0.25) is 5.91 Å². The first kappa shape index (κ1) is 15.5. The second-order valence-electron chi connectivity index (χ2n) is 6.40. The van der Waals surface area contributed by atoms with Gasteiger partial charge in [-0.25, -0.2) is 0 Å². The summed E-state index contributed by atoms with van der Waals surface area (Å²) in [7, 11) is 0. The van der Waals surface area contributed by atoms with E-state index in [1.807, 2.05) is 0 Å². The van der Waals surface area contributed by atoms with Gasteiger partial charge < -0.3 is 10.6 Å². The van der Waals surface area contributed by atoms with Gasteiger partial charge in [-0.1, -0.05) is 11.6 Å². The van der Waals surface area contributed by atoms with Crippen molar-refractivity contribution in [2.24, 2.45) is 0 Å². The van der Waals surface area contributed by atoms with Crippen molar-refractivity contribution < 1.29 is 4.79 Å². The molecule has 0 spiro atoms. The molecule has 0 atom stereocenters. The Morgan fingerprint density at radius 3 is 2.45 bits per heavy atom. The molecular formula is C16H29N3O. The van der Waals surface area contributed by atoms with Crippen molar-refractivity contribution >= 4 is 5.91 Å². The number of likely N-dealkylation sites (tertiary alicyclic amines) is 1. The first-order chi connectivity index (χ1) is 9.63. The monoisotopic (exact) mass is 279 g/mol. The largest absolute Gasteiger partial charge is 0.353 e. The third-order valence-corrected chi connectivity index (χ3v) is 4.07. The molecule has 1 saturated heterocycles. The molecule has 1 amide bonds. The zero-order valence-electron chi connectivity index (χ0n) is 13.0. The van der Waals surface area contributed by atoms with E-state index >= 15 is 0 Å². The van der Waals surface area contributed by atoms with Crippen LogP contribution in [-0.4, -0.2) is 49.1 Å². The maximum absolute atomic E-state index is 11.6. The third kappa shape index (κ3) is 6.06. The highest BCUT2D eigenvalue weighted by Gasteiger charge is 2.23. The van der Waals surface area contributed by atoms with Crippen molar-refractivity contribution in [3.05, 3.63) is 11.6 Å². The maximum atomic E-state index is 11.6. The Morgan fingerprint density at radius 1 is 1.15 bits per heavy atom. The summed E-state index contributed by atoms with van der Waals surface area (Å²) in [5.41, 5.74) is 1.40. The Hall–Kier alpha value is -0.870. The second-order valence-corrected chi connectivity index (χ2v) is 6.40. The molecule has 1 saturated carbocycles. The normalized spacial score (nSPS) is 20.7. The van der Waals surface area contributed by atoms with Gasteiger partial charge in [-0.15, -0.1) is 0 Å². The SMILES string of the molecule is CC(C)=CCN1CCC(NCCC(=O)NC2CC2)CC1. The number of hydrogen-bond acceptors (Lipinski definition) is 3. The molecule has 0 aromatic rings. The van der Waals surface area contributed by atoms with E-state index in [1.54, 1.807) is 0 Å². The number of allylic oxidation sites excluding steroid dienone is 1. The maximum Gasteiger partial charge on any atom is 0.221 e. The Labute approximate surface area is 123 Å². The van der Waals surface area contributed by atoms with Crippen LogP contribution in [0.3, 0.4) is 0 Å². The fraction of sp³-hybridized carbons (Fsp3) is 0.812. The van der Waals surface area contributed by atoms with Crippen molar-refractivity contribution in [3.8, 4) is 0 Å². The topological polar surface area (TPSA) is 44.4 Å². The molecular weight excluding hydrogens is 250 g/mol. The average Bonchev–Trinajstić information content (AvgIpc) is 3.21. The molecule has 0 unspecified atom stereocenters. The minimum Gasteiger partial charge on any atom is -0.353 e. The smallest absolute Gasteiger partial charge is 0.221 e. The van der Waals surface area contributed by atoms with Crippen molar-refractivity contribution in [2.75, 3.05) is 26.2 Å². The van der Waals surface area contributed by atoms with E-state index in [9.17, 15) is 4.79 Å². The van der Waals surface area contributed by atoms with Crippen LogP contribution in [0.15, 0.2) is 11.6 Å². The highest BCUT2D eigenvalue weighted by molar-refractivity contribution is 5.76. The zero-order valence-corrected chi connectivity index (χ0v) is 13.0. The van der Waals surface area contributed by atoms with E-state index in [0.29, 0.717) is 18.5 Å². The molecule has 0 aromatic carbocycles. The number of carbonyl (C=O) groups is 1. The van der Waals surface area contributed by atoms with Gasteiger partial charge in [0.1, 0.15) is 0 Å². The Balaban J connectivity index is 1.52. The van der Waals surface area contributed by atoms with Gasteiger partial charge in [0.15, 0.2) is 0 Å². The lowest BCUT2D eigenvalue weighted by atomic mass is 10.0. The van der Waals surface area contributed by atoms with E-state index in [4.69, 9.17) is 0 Å². The second kappa shape index (κ2) is 7.79. The lowest BCUT2D eigenvalue weighted by molar-refractivity contribution is -0.121. The van der Waals surface area contributed by atoms with Gasteiger partial charge in [-0.05, 0) is 52.6 Å². The van der Waals surface area contributed by atoms with Gasteiger partial charge in [0.25, 0.3) is 0 Å². The summed E-state index contributed by atoms with van der Waals surface area (Å²) in [5.74, 6) is 0.209. The molecule has 2 fully saturated rings. The van der Waals surface area contributed by atoms with Crippen LogP contribution in [-0.2, 0) is 4.79 Å².